The summed E-state index contributed by atoms with van der Waals surface area (Å²) in [6.45, 7) is 0.833. The van der Waals surface area contributed by atoms with Gasteiger partial charge in [0.1, 0.15) is 36.7 Å². The number of hydrogen-bond acceptors (Lipinski definition) is 4. The molecule has 2 rings (SSSR count). The summed E-state index contributed by atoms with van der Waals surface area (Å²) in [6, 6.07) is 12.5. The lowest BCUT2D eigenvalue weighted by Gasteiger charge is -2.10. The Kier molecular flexibility index (Phi) is 5.63. The van der Waals surface area contributed by atoms with Gasteiger partial charge < -0.3 is 14.2 Å². The van der Waals surface area contributed by atoms with Gasteiger partial charge >= 0.3 is 0 Å². The Balaban J connectivity index is 1.80. The van der Waals surface area contributed by atoms with Gasteiger partial charge in [-0.1, -0.05) is 0 Å². The molecule has 0 saturated carbocycles. The zero-order valence-corrected chi connectivity index (χ0v) is 13.1. The molecule has 0 heterocycles. The lowest BCUT2D eigenvalue weighted by Crippen LogP contribution is -2.09. The fourth-order valence-corrected chi connectivity index (χ4v) is 2.20. The number of carbonyl (C=O) groups is 1. The summed E-state index contributed by atoms with van der Waals surface area (Å²) in [5.74, 6) is 2.23. The molecule has 0 aliphatic heterocycles. The largest absolute Gasteiger partial charge is 0.497 e. The molecule has 0 amide bonds. The van der Waals surface area contributed by atoms with E-state index in [2.05, 4.69) is 15.9 Å². The average Bonchev–Trinajstić information content (AvgIpc) is 2.53. The van der Waals surface area contributed by atoms with Gasteiger partial charge in [-0.3, -0.25) is 4.79 Å². The predicted molar refractivity (Wildman–Crippen MR) is 83.5 cm³/mol. The van der Waals surface area contributed by atoms with Gasteiger partial charge in [0.05, 0.1) is 11.6 Å². The highest BCUT2D eigenvalue weighted by atomic mass is 79.9. The smallest absolute Gasteiger partial charge is 0.150 e. The number of benzene rings is 2. The lowest BCUT2D eigenvalue weighted by molar-refractivity contribution is 0.112. The average molecular weight is 351 g/mol. The first-order chi connectivity index (χ1) is 10.2. The minimum atomic E-state index is 0.408. The van der Waals surface area contributed by atoms with Crippen LogP contribution in [0.1, 0.15) is 10.4 Å². The molecular formula is C16H15BrO4. The van der Waals surface area contributed by atoms with Crippen LogP contribution >= 0.6 is 15.9 Å². The molecule has 2 aromatic rings. The Bertz CT molecular complexity index is 596. The molecule has 0 N–H and O–H groups in total. The van der Waals surface area contributed by atoms with Crippen molar-refractivity contribution in [1.82, 2.24) is 0 Å². The first-order valence-electron chi connectivity index (χ1n) is 6.37. The third-order valence-corrected chi connectivity index (χ3v) is 3.38. The molecule has 0 bridgehead atoms. The summed E-state index contributed by atoms with van der Waals surface area (Å²) in [4.78, 5) is 10.6. The number of ether oxygens (including phenoxy) is 3. The molecule has 0 aromatic heterocycles. The molecule has 0 aliphatic rings. The van der Waals surface area contributed by atoms with E-state index in [0.717, 1.165) is 22.3 Å². The molecule has 0 spiro atoms. The predicted octanol–water partition coefficient (Wildman–Crippen LogP) is 3.73. The topological polar surface area (TPSA) is 44.8 Å². The molecular weight excluding hydrogens is 336 g/mol. The number of aldehydes is 1. The molecule has 0 radical (unpaired) electrons. The first-order valence-corrected chi connectivity index (χ1v) is 7.16. The van der Waals surface area contributed by atoms with Crippen molar-refractivity contribution < 1.29 is 19.0 Å². The van der Waals surface area contributed by atoms with Crippen molar-refractivity contribution in [2.45, 2.75) is 0 Å². The summed E-state index contributed by atoms with van der Waals surface area (Å²) in [6.07, 6.45) is 0.793. The van der Waals surface area contributed by atoms with Crippen LogP contribution in [0.25, 0.3) is 0 Å². The summed E-state index contributed by atoms with van der Waals surface area (Å²) in [7, 11) is 1.62. The third kappa shape index (κ3) is 4.49. The van der Waals surface area contributed by atoms with Crippen molar-refractivity contribution in [2.24, 2.45) is 0 Å². The second-order valence-electron chi connectivity index (χ2n) is 4.18. The van der Waals surface area contributed by atoms with Crippen LogP contribution in [0, 0.1) is 0 Å². The SMILES string of the molecule is COc1ccc(OCCOc2ccc(C=O)cc2Br)cc1. The maximum Gasteiger partial charge on any atom is 0.150 e. The normalized spacial score (nSPS) is 10.0. The van der Waals surface area contributed by atoms with Crippen LogP contribution in [0.15, 0.2) is 46.9 Å². The van der Waals surface area contributed by atoms with Crippen LogP contribution in [0.3, 0.4) is 0 Å². The molecule has 0 fully saturated rings. The molecule has 5 heteroatoms. The monoisotopic (exact) mass is 350 g/mol. The van der Waals surface area contributed by atoms with Gasteiger partial charge in [0, 0.05) is 5.56 Å². The fraction of sp³-hybridized carbons (Fsp3) is 0.188. The van der Waals surface area contributed by atoms with Crippen LogP contribution in [0.2, 0.25) is 0 Å². The number of carbonyl (C=O) groups excluding carboxylic acids is 1. The zero-order chi connectivity index (χ0) is 15.1. The van der Waals surface area contributed by atoms with Crippen molar-refractivity contribution in [3.63, 3.8) is 0 Å². The van der Waals surface area contributed by atoms with E-state index in [4.69, 9.17) is 14.2 Å². The lowest BCUT2D eigenvalue weighted by atomic mass is 10.2. The summed E-state index contributed by atoms with van der Waals surface area (Å²) in [5.41, 5.74) is 0.601. The Morgan fingerprint density at radius 3 is 2.29 bits per heavy atom. The molecule has 0 aliphatic carbocycles. The van der Waals surface area contributed by atoms with Gasteiger partial charge in [-0.05, 0) is 58.4 Å². The Hall–Kier alpha value is -2.01. The van der Waals surface area contributed by atoms with Crippen LogP contribution < -0.4 is 14.2 Å². The quantitative estimate of drug-likeness (QED) is 0.563. The maximum atomic E-state index is 10.6. The summed E-state index contributed by atoms with van der Waals surface area (Å²) in [5, 5.41) is 0. The second kappa shape index (κ2) is 7.69. The molecule has 21 heavy (non-hydrogen) atoms. The third-order valence-electron chi connectivity index (χ3n) is 2.76. The van der Waals surface area contributed by atoms with E-state index >= 15 is 0 Å². The molecule has 0 unspecified atom stereocenters. The molecule has 110 valence electrons. The maximum absolute atomic E-state index is 10.6. The van der Waals surface area contributed by atoms with E-state index in [9.17, 15) is 4.79 Å². The Morgan fingerprint density at radius 2 is 1.67 bits per heavy atom. The highest BCUT2D eigenvalue weighted by Gasteiger charge is 2.02. The van der Waals surface area contributed by atoms with E-state index < -0.39 is 0 Å². The molecule has 4 nitrogen and oxygen atoms in total. The number of halogens is 1. The van der Waals surface area contributed by atoms with Crippen molar-refractivity contribution in [3.05, 3.63) is 52.5 Å². The number of methoxy groups -OCH3 is 1. The van der Waals surface area contributed by atoms with E-state index in [0.29, 0.717) is 24.5 Å². The number of rotatable bonds is 7. The summed E-state index contributed by atoms with van der Waals surface area (Å²) >= 11 is 3.36. The fourth-order valence-electron chi connectivity index (χ4n) is 1.69. The van der Waals surface area contributed by atoms with E-state index in [1.165, 1.54) is 0 Å². The highest BCUT2D eigenvalue weighted by Crippen LogP contribution is 2.25. The van der Waals surface area contributed by atoms with Gasteiger partial charge in [0.25, 0.3) is 0 Å². The summed E-state index contributed by atoms with van der Waals surface area (Å²) < 4.78 is 17.0. The Labute approximate surface area is 131 Å². The zero-order valence-electron chi connectivity index (χ0n) is 11.5. The van der Waals surface area contributed by atoms with Gasteiger partial charge in [-0.15, -0.1) is 0 Å². The van der Waals surface area contributed by atoms with Crippen molar-refractivity contribution >= 4 is 22.2 Å². The van der Waals surface area contributed by atoms with Crippen molar-refractivity contribution in [1.29, 1.82) is 0 Å². The molecule has 0 atom stereocenters. The van der Waals surface area contributed by atoms with Crippen LogP contribution in [-0.4, -0.2) is 26.6 Å². The second-order valence-corrected chi connectivity index (χ2v) is 5.03. The van der Waals surface area contributed by atoms with Crippen LogP contribution in [0.4, 0.5) is 0 Å². The van der Waals surface area contributed by atoms with Crippen LogP contribution in [0.5, 0.6) is 17.2 Å². The highest BCUT2D eigenvalue weighted by molar-refractivity contribution is 9.10. The van der Waals surface area contributed by atoms with E-state index in [-0.39, 0.29) is 0 Å². The van der Waals surface area contributed by atoms with Crippen molar-refractivity contribution in [3.8, 4) is 17.2 Å². The number of hydrogen-bond donors (Lipinski definition) is 0. The van der Waals surface area contributed by atoms with E-state index in [1.807, 2.05) is 24.3 Å². The minimum absolute atomic E-state index is 0.408. The van der Waals surface area contributed by atoms with E-state index in [1.54, 1.807) is 25.3 Å². The van der Waals surface area contributed by atoms with Gasteiger partial charge in [0.2, 0.25) is 0 Å². The first kappa shape index (κ1) is 15.4. The molecule has 0 saturated heterocycles. The van der Waals surface area contributed by atoms with Crippen LogP contribution in [-0.2, 0) is 0 Å². The van der Waals surface area contributed by atoms with Crippen molar-refractivity contribution in [2.75, 3.05) is 20.3 Å². The Morgan fingerprint density at radius 1 is 1.00 bits per heavy atom. The standard InChI is InChI=1S/C16H15BrO4/c1-19-13-3-5-14(6-4-13)20-8-9-21-16-7-2-12(11-18)10-15(16)17/h2-7,10-11H,8-9H2,1H3. The molecule has 2 aromatic carbocycles. The van der Waals surface area contributed by atoms with Gasteiger partial charge in [-0.2, -0.15) is 0 Å². The minimum Gasteiger partial charge on any atom is -0.497 e. The van der Waals surface area contributed by atoms with Gasteiger partial charge in [0.15, 0.2) is 0 Å². The van der Waals surface area contributed by atoms with Gasteiger partial charge in [-0.25, -0.2) is 0 Å².